The lowest BCUT2D eigenvalue weighted by Gasteiger charge is -2.17. The normalized spacial score (nSPS) is 12.3. The van der Waals surface area contributed by atoms with E-state index in [2.05, 4.69) is 5.32 Å². The van der Waals surface area contributed by atoms with Crippen LogP contribution >= 0.6 is 0 Å². The summed E-state index contributed by atoms with van der Waals surface area (Å²) in [5.74, 6) is 0.622. The number of nitrogens with one attached hydrogen (secondary N) is 1. The minimum Gasteiger partial charge on any atom is -0.491 e. The maximum atomic E-state index is 12.0. The molecule has 106 valence electrons. The molecular weight excluding hydrogens is 240 g/mol. The van der Waals surface area contributed by atoms with Crippen LogP contribution in [-0.4, -0.2) is 18.6 Å². The summed E-state index contributed by atoms with van der Waals surface area (Å²) in [7, 11) is 0. The lowest BCUT2D eigenvalue weighted by atomic mass is 10.0. The van der Waals surface area contributed by atoms with E-state index in [0.29, 0.717) is 18.0 Å². The van der Waals surface area contributed by atoms with Gasteiger partial charge in [-0.25, -0.2) is 0 Å². The van der Waals surface area contributed by atoms with Crippen molar-refractivity contribution in [2.75, 3.05) is 11.9 Å². The van der Waals surface area contributed by atoms with Crippen molar-refractivity contribution >= 4 is 11.6 Å². The van der Waals surface area contributed by atoms with Gasteiger partial charge in [-0.05, 0) is 37.0 Å². The van der Waals surface area contributed by atoms with Crippen molar-refractivity contribution in [3.63, 3.8) is 0 Å². The molecule has 0 radical (unpaired) electrons. The number of anilines is 1. The Balaban J connectivity index is 2.84. The molecule has 0 aliphatic rings. The largest absolute Gasteiger partial charge is 0.491 e. The Kier molecular flexibility index (Phi) is 5.83. The minimum absolute atomic E-state index is 0.102. The van der Waals surface area contributed by atoms with Crippen molar-refractivity contribution in [1.82, 2.24) is 0 Å². The number of benzene rings is 1. The van der Waals surface area contributed by atoms with Crippen LogP contribution in [0.1, 0.15) is 32.8 Å². The topological polar surface area (TPSA) is 64.3 Å². The molecule has 4 heteroatoms. The number of rotatable bonds is 6. The number of ether oxygens (including phenoxy) is 1. The Morgan fingerprint density at radius 1 is 1.42 bits per heavy atom. The van der Waals surface area contributed by atoms with Gasteiger partial charge in [-0.3, -0.25) is 4.79 Å². The van der Waals surface area contributed by atoms with Crippen LogP contribution in [0.3, 0.4) is 0 Å². The van der Waals surface area contributed by atoms with Crippen LogP contribution in [-0.2, 0) is 4.79 Å². The first-order chi connectivity index (χ1) is 8.95. The van der Waals surface area contributed by atoms with Crippen LogP contribution in [0.2, 0.25) is 0 Å². The van der Waals surface area contributed by atoms with Crippen molar-refractivity contribution in [3.8, 4) is 5.75 Å². The Bertz CT molecular complexity index is 430. The Hall–Kier alpha value is -1.55. The molecule has 0 spiro atoms. The van der Waals surface area contributed by atoms with Gasteiger partial charge in [-0.1, -0.05) is 26.8 Å². The van der Waals surface area contributed by atoms with E-state index in [1.54, 1.807) is 0 Å². The minimum atomic E-state index is -0.514. The molecule has 1 amide bonds. The second-order valence-corrected chi connectivity index (χ2v) is 5.11. The fourth-order valence-corrected chi connectivity index (χ4v) is 1.58. The van der Waals surface area contributed by atoms with E-state index in [9.17, 15) is 4.79 Å². The molecule has 4 nitrogen and oxygen atoms in total. The molecule has 0 aromatic heterocycles. The predicted octanol–water partition coefficient (Wildman–Crippen LogP) is 2.71. The van der Waals surface area contributed by atoms with E-state index in [-0.39, 0.29) is 11.8 Å². The maximum Gasteiger partial charge on any atom is 0.241 e. The van der Waals surface area contributed by atoms with Gasteiger partial charge in [0.25, 0.3) is 0 Å². The molecular formula is C15H24N2O2. The molecule has 0 aliphatic heterocycles. The number of hydrogen-bond acceptors (Lipinski definition) is 3. The summed E-state index contributed by atoms with van der Waals surface area (Å²) in [5.41, 5.74) is 7.61. The number of carbonyl (C=O) groups is 1. The molecule has 1 rings (SSSR count). The standard InChI is InChI=1S/C15H24N2O2/c1-5-8-19-13-9-11(4)6-7-12(13)17-15(18)14(16)10(2)3/h6-7,9-10,14H,5,8,16H2,1-4H3,(H,17,18). The zero-order valence-corrected chi connectivity index (χ0v) is 12.2. The third kappa shape index (κ3) is 4.56. The zero-order valence-electron chi connectivity index (χ0n) is 12.2. The smallest absolute Gasteiger partial charge is 0.241 e. The molecule has 1 unspecified atom stereocenters. The average molecular weight is 264 g/mol. The van der Waals surface area contributed by atoms with Gasteiger partial charge in [0.2, 0.25) is 5.91 Å². The molecule has 0 saturated carbocycles. The molecule has 0 heterocycles. The first-order valence-corrected chi connectivity index (χ1v) is 6.75. The summed E-state index contributed by atoms with van der Waals surface area (Å²) in [6, 6.07) is 5.20. The number of aryl methyl sites for hydroxylation is 1. The molecule has 0 saturated heterocycles. The number of carbonyl (C=O) groups excluding carboxylic acids is 1. The summed E-state index contributed by atoms with van der Waals surface area (Å²) in [5, 5.41) is 2.84. The van der Waals surface area contributed by atoms with Crippen LogP contribution < -0.4 is 15.8 Å². The van der Waals surface area contributed by atoms with Crippen LogP contribution in [0.25, 0.3) is 0 Å². The van der Waals surface area contributed by atoms with Gasteiger partial charge >= 0.3 is 0 Å². The Morgan fingerprint density at radius 2 is 2.11 bits per heavy atom. The summed E-state index contributed by atoms with van der Waals surface area (Å²) in [6.07, 6.45) is 0.923. The summed E-state index contributed by atoms with van der Waals surface area (Å²) >= 11 is 0. The molecule has 1 atom stereocenters. The van der Waals surface area contributed by atoms with Gasteiger partial charge in [0.15, 0.2) is 0 Å². The van der Waals surface area contributed by atoms with Crippen molar-refractivity contribution in [3.05, 3.63) is 23.8 Å². The van der Waals surface area contributed by atoms with E-state index >= 15 is 0 Å². The van der Waals surface area contributed by atoms with Crippen molar-refractivity contribution in [2.24, 2.45) is 11.7 Å². The predicted molar refractivity (Wildman–Crippen MR) is 78.4 cm³/mol. The van der Waals surface area contributed by atoms with Crippen LogP contribution in [0, 0.1) is 12.8 Å². The first-order valence-electron chi connectivity index (χ1n) is 6.75. The van der Waals surface area contributed by atoms with Gasteiger partial charge in [0.05, 0.1) is 18.3 Å². The monoisotopic (exact) mass is 264 g/mol. The number of amides is 1. The highest BCUT2D eigenvalue weighted by molar-refractivity contribution is 5.96. The molecule has 0 bridgehead atoms. The number of nitrogens with two attached hydrogens (primary N) is 1. The summed E-state index contributed by atoms with van der Waals surface area (Å²) < 4.78 is 5.65. The maximum absolute atomic E-state index is 12.0. The van der Waals surface area contributed by atoms with E-state index < -0.39 is 6.04 Å². The molecule has 0 fully saturated rings. The van der Waals surface area contributed by atoms with Crippen LogP contribution in [0.5, 0.6) is 5.75 Å². The van der Waals surface area contributed by atoms with Crippen molar-refractivity contribution in [2.45, 2.75) is 40.2 Å². The quantitative estimate of drug-likeness (QED) is 0.830. The highest BCUT2D eigenvalue weighted by Gasteiger charge is 2.18. The second-order valence-electron chi connectivity index (χ2n) is 5.11. The summed E-state index contributed by atoms with van der Waals surface area (Å²) in [4.78, 5) is 12.0. The van der Waals surface area contributed by atoms with Crippen LogP contribution in [0.4, 0.5) is 5.69 Å². The molecule has 0 aliphatic carbocycles. The zero-order chi connectivity index (χ0) is 14.4. The van der Waals surface area contributed by atoms with E-state index in [1.165, 1.54) is 0 Å². The lowest BCUT2D eigenvalue weighted by molar-refractivity contribution is -0.118. The summed E-state index contributed by atoms with van der Waals surface area (Å²) in [6.45, 7) is 8.51. The van der Waals surface area contributed by atoms with Crippen LogP contribution in [0.15, 0.2) is 18.2 Å². The van der Waals surface area contributed by atoms with E-state index in [1.807, 2.05) is 45.9 Å². The highest BCUT2D eigenvalue weighted by Crippen LogP contribution is 2.26. The fourth-order valence-electron chi connectivity index (χ4n) is 1.58. The lowest BCUT2D eigenvalue weighted by Crippen LogP contribution is -2.39. The van der Waals surface area contributed by atoms with E-state index in [4.69, 9.17) is 10.5 Å². The van der Waals surface area contributed by atoms with Gasteiger partial charge < -0.3 is 15.8 Å². The number of hydrogen-bond donors (Lipinski definition) is 2. The van der Waals surface area contributed by atoms with Crippen molar-refractivity contribution < 1.29 is 9.53 Å². The van der Waals surface area contributed by atoms with E-state index in [0.717, 1.165) is 12.0 Å². The third-order valence-electron chi connectivity index (χ3n) is 2.88. The molecule has 1 aromatic carbocycles. The van der Waals surface area contributed by atoms with Gasteiger partial charge in [0, 0.05) is 0 Å². The molecule has 19 heavy (non-hydrogen) atoms. The molecule has 3 N–H and O–H groups in total. The fraction of sp³-hybridized carbons (Fsp3) is 0.533. The highest BCUT2D eigenvalue weighted by atomic mass is 16.5. The SMILES string of the molecule is CCCOc1cc(C)ccc1NC(=O)C(N)C(C)C. The third-order valence-corrected chi connectivity index (χ3v) is 2.88. The average Bonchev–Trinajstić information content (AvgIpc) is 2.37. The Labute approximate surface area is 115 Å². The van der Waals surface area contributed by atoms with Gasteiger partial charge in [-0.2, -0.15) is 0 Å². The molecule has 1 aromatic rings. The first kappa shape index (κ1) is 15.5. The van der Waals surface area contributed by atoms with Gasteiger partial charge in [-0.15, -0.1) is 0 Å². The van der Waals surface area contributed by atoms with Gasteiger partial charge in [0.1, 0.15) is 5.75 Å². The second kappa shape index (κ2) is 7.14. The Morgan fingerprint density at radius 3 is 2.68 bits per heavy atom. The van der Waals surface area contributed by atoms with Crippen molar-refractivity contribution in [1.29, 1.82) is 0 Å².